The van der Waals surface area contributed by atoms with Crippen LogP contribution in [0.25, 0.3) is 0 Å². The predicted molar refractivity (Wildman–Crippen MR) is 111 cm³/mol. The van der Waals surface area contributed by atoms with Gasteiger partial charge in [0, 0.05) is 28.9 Å². The molecule has 1 aromatic rings. The number of methoxy groups -OCH3 is 1. The van der Waals surface area contributed by atoms with Crippen LogP contribution in [0, 0.1) is 11.3 Å². The van der Waals surface area contributed by atoms with Crippen LogP contribution in [-0.2, 0) is 9.47 Å². The SMILES string of the molecule is CCC\C=C(Sc1cccs1)/C(/C=C(\C)C#N)=C(N)/C=C/OCCOC. The maximum Gasteiger partial charge on any atom is 0.111 e. The number of hydrogen-bond donors (Lipinski definition) is 1. The smallest absolute Gasteiger partial charge is 0.111 e. The molecule has 0 aliphatic rings. The third-order valence-corrected chi connectivity index (χ3v) is 5.33. The van der Waals surface area contributed by atoms with Crippen LogP contribution in [0.3, 0.4) is 0 Å². The number of ether oxygens (including phenoxy) is 2. The van der Waals surface area contributed by atoms with Crippen LogP contribution in [0.5, 0.6) is 0 Å². The zero-order valence-corrected chi connectivity index (χ0v) is 17.2. The van der Waals surface area contributed by atoms with Gasteiger partial charge in [0.05, 0.1) is 23.1 Å². The summed E-state index contributed by atoms with van der Waals surface area (Å²) in [6.45, 7) is 4.89. The van der Waals surface area contributed by atoms with E-state index in [-0.39, 0.29) is 0 Å². The number of nitrogens with zero attached hydrogens (tertiary/aromatic N) is 1. The van der Waals surface area contributed by atoms with Crippen molar-refractivity contribution in [2.24, 2.45) is 5.73 Å². The summed E-state index contributed by atoms with van der Waals surface area (Å²) in [6.07, 6.45) is 9.28. The normalized spacial score (nSPS) is 13.6. The molecule has 140 valence electrons. The molecule has 1 aromatic heterocycles. The Bertz CT molecular complexity index is 696. The zero-order chi connectivity index (χ0) is 19.2. The second-order valence-electron chi connectivity index (χ2n) is 5.37. The van der Waals surface area contributed by atoms with Gasteiger partial charge in [0.2, 0.25) is 0 Å². The van der Waals surface area contributed by atoms with Crippen molar-refractivity contribution in [3.63, 3.8) is 0 Å². The lowest BCUT2D eigenvalue weighted by Gasteiger charge is -2.11. The summed E-state index contributed by atoms with van der Waals surface area (Å²) >= 11 is 3.35. The lowest BCUT2D eigenvalue weighted by Crippen LogP contribution is -2.02. The van der Waals surface area contributed by atoms with Crippen molar-refractivity contribution < 1.29 is 9.47 Å². The highest BCUT2D eigenvalue weighted by atomic mass is 32.2. The van der Waals surface area contributed by atoms with E-state index in [1.807, 2.05) is 17.5 Å². The second kappa shape index (κ2) is 13.3. The summed E-state index contributed by atoms with van der Waals surface area (Å²) in [6, 6.07) is 6.27. The van der Waals surface area contributed by atoms with E-state index in [0.717, 1.165) is 23.3 Å². The lowest BCUT2D eigenvalue weighted by atomic mass is 10.1. The Morgan fingerprint density at radius 3 is 2.85 bits per heavy atom. The van der Waals surface area contributed by atoms with E-state index in [9.17, 15) is 5.26 Å². The molecule has 0 spiro atoms. The minimum Gasteiger partial charge on any atom is -0.499 e. The van der Waals surface area contributed by atoms with E-state index in [0.29, 0.717) is 24.5 Å². The Morgan fingerprint density at radius 1 is 1.42 bits per heavy atom. The van der Waals surface area contributed by atoms with Crippen LogP contribution in [0.4, 0.5) is 0 Å². The number of unbranched alkanes of at least 4 members (excludes halogenated alkanes) is 1. The highest BCUT2D eigenvalue weighted by molar-refractivity contribution is 8.05. The van der Waals surface area contributed by atoms with Gasteiger partial charge in [-0.3, -0.25) is 0 Å². The fourth-order valence-corrected chi connectivity index (χ4v) is 3.80. The molecule has 0 saturated carbocycles. The van der Waals surface area contributed by atoms with E-state index in [1.165, 1.54) is 4.21 Å². The minimum atomic E-state index is 0.463. The van der Waals surface area contributed by atoms with E-state index >= 15 is 0 Å². The van der Waals surface area contributed by atoms with Crippen molar-refractivity contribution in [2.75, 3.05) is 20.3 Å². The van der Waals surface area contributed by atoms with Crippen molar-refractivity contribution in [3.05, 3.63) is 63.8 Å². The van der Waals surface area contributed by atoms with E-state index in [4.69, 9.17) is 15.2 Å². The molecule has 4 nitrogen and oxygen atoms in total. The molecule has 26 heavy (non-hydrogen) atoms. The largest absolute Gasteiger partial charge is 0.499 e. The van der Waals surface area contributed by atoms with Crippen LogP contribution >= 0.6 is 23.1 Å². The van der Waals surface area contributed by atoms with Crippen LogP contribution in [0.15, 0.2) is 68.0 Å². The van der Waals surface area contributed by atoms with E-state index in [1.54, 1.807) is 49.5 Å². The van der Waals surface area contributed by atoms with Gasteiger partial charge >= 0.3 is 0 Å². The number of rotatable bonds is 11. The molecule has 6 heteroatoms. The van der Waals surface area contributed by atoms with Gasteiger partial charge in [0.15, 0.2) is 0 Å². The molecule has 0 aliphatic heterocycles. The monoisotopic (exact) mass is 390 g/mol. The van der Waals surface area contributed by atoms with E-state index < -0.39 is 0 Å². The standard InChI is InChI=1S/C20H26N2O2S2/c1-4-5-7-19(26-20-8-6-13-25-20)17(14-16(2)15-21)18(22)9-10-24-12-11-23-3/h6-10,13-14H,4-5,11-12,22H2,1-3H3/b10-9+,16-14+,18-17-,19-7+. The van der Waals surface area contributed by atoms with Gasteiger partial charge < -0.3 is 15.2 Å². The van der Waals surface area contributed by atoms with Crippen LogP contribution in [-0.4, -0.2) is 20.3 Å². The van der Waals surface area contributed by atoms with Crippen LogP contribution < -0.4 is 5.73 Å². The molecule has 0 unspecified atom stereocenters. The summed E-state index contributed by atoms with van der Waals surface area (Å²) in [4.78, 5) is 1.04. The number of thiophene rings is 1. The summed E-state index contributed by atoms with van der Waals surface area (Å²) in [5, 5.41) is 11.2. The minimum absolute atomic E-state index is 0.463. The van der Waals surface area contributed by atoms with Gasteiger partial charge in [-0.1, -0.05) is 37.2 Å². The number of nitriles is 1. The number of hydrogen-bond acceptors (Lipinski definition) is 6. The first-order valence-corrected chi connectivity index (χ1v) is 10.1. The number of nitrogens with two attached hydrogens (primary N) is 1. The number of allylic oxidation sites excluding steroid dienone is 5. The molecular formula is C20H26N2O2S2. The number of thioether (sulfide) groups is 1. The van der Waals surface area contributed by atoms with Crippen molar-refractivity contribution in [3.8, 4) is 6.07 Å². The van der Waals surface area contributed by atoms with Gasteiger partial charge in [-0.25, -0.2) is 0 Å². The molecule has 0 radical (unpaired) electrons. The average Bonchev–Trinajstić information content (AvgIpc) is 3.15. The van der Waals surface area contributed by atoms with Gasteiger partial charge in [-0.05, 0) is 36.9 Å². The summed E-state index contributed by atoms with van der Waals surface area (Å²) < 4.78 is 11.5. The summed E-state index contributed by atoms with van der Waals surface area (Å²) in [7, 11) is 1.63. The second-order valence-corrected chi connectivity index (χ2v) is 7.66. The third-order valence-electron chi connectivity index (χ3n) is 3.19. The zero-order valence-electron chi connectivity index (χ0n) is 15.5. The van der Waals surface area contributed by atoms with Crippen LogP contribution in [0.1, 0.15) is 26.7 Å². The molecule has 1 rings (SSSR count). The van der Waals surface area contributed by atoms with Crippen molar-refractivity contribution in [1.29, 1.82) is 5.26 Å². The summed E-state index contributed by atoms with van der Waals surface area (Å²) in [5.41, 5.74) is 8.31. The predicted octanol–water partition coefficient (Wildman–Crippen LogP) is 5.38. The fraction of sp³-hybridized carbons (Fsp3) is 0.350. The Balaban J connectivity index is 3.17. The van der Waals surface area contributed by atoms with Gasteiger partial charge in [-0.15, -0.1) is 11.3 Å². The Labute approximate surface area is 164 Å². The summed E-state index contributed by atoms with van der Waals surface area (Å²) in [5.74, 6) is 0. The van der Waals surface area contributed by atoms with Gasteiger partial charge in [0.25, 0.3) is 0 Å². The first-order chi connectivity index (χ1) is 12.6. The lowest BCUT2D eigenvalue weighted by molar-refractivity contribution is 0.123. The maximum atomic E-state index is 9.19. The highest BCUT2D eigenvalue weighted by Gasteiger charge is 2.10. The highest BCUT2D eigenvalue weighted by Crippen LogP contribution is 2.36. The molecule has 0 saturated heterocycles. The molecule has 0 fully saturated rings. The van der Waals surface area contributed by atoms with E-state index in [2.05, 4.69) is 25.1 Å². The Kier molecular flexibility index (Phi) is 11.3. The molecule has 0 bridgehead atoms. The molecule has 1 heterocycles. The molecule has 2 N–H and O–H groups in total. The Morgan fingerprint density at radius 2 is 2.23 bits per heavy atom. The maximum absolute atomic E-state index is 9.19. The van der Waals surface area contributed by atoms with Crippen molar-refractivity contribution in [2.45, 2.75) is 30.9 Å². The average molecular weight is 391 g/mol. The topological polar surface area (TPSA) is 68.3 Å². The molecule has 0 atom stereocenters. The molecule has 0 aromatic carbocycles. The third kappa shape index (κ3) is 8.43. The quantitative estimate of drug-likeness (QED) is 0.180. The fourth-order valence-electron chi connectivity index (χ4n) is 1.87. The molecular weight excluding hydrogens is 364 g/mol. The first-order valence-electron chi connectivity index (χ1n) is 8.39. The molecule has 0 amide bonds. The van der Waals surface area contributed by atoms with Gasteiger partial charge in [0.1, 0.15) is 6.61 Å². The van der Waals surface area contributed by atoms with Crippen molar-refractivity contribution >= 4 is 23.1 Å². The van der Waals surface area contributed by atoms with Crippen LogP contribution in [0.2, 0.25) is 0 Å². The van der Waals surface area contributed by atoms with Crippen molar-refractivity contribution in [1.82, 2.24) is 0 Å². The Hall–Kier alpha value is -1.94. The van der Waals surface area contributed by atoms with Gasteiger partial charge in [-0.2, -0.15) is 5.26 Å². The molecule has 0 aliphatic carbocycles. The first kappa shape index (κ1) is 22.1.